The normalized spacial score (nSPS) is 10.3. The number of hydrogen-bond donors (Lipinski definition) is 2. The van der Waals surface area contributed by atoms with Gasteiger partial charge in [0.15, 0.2) is 0 Å². The highest BCUT2D eigenvalue weighted by Gasteiger charge is 2.09. The zero-order valence-electron chi connectivity index (χ0n) is 10.3. The van der Waals surface area contributed by atoms with Crippen molar-refractivity contribution in [2.75, 3.05) is 23.8 Å². The van der Waals surface area contributed by atoms with Crippen LogP contribution in [0.15, 0.2) is 24.3 Å². The maximum atomic E-state index is 12.0. The third kappa shape index (κ3) is 3.66. The Morgan fingerprint density at radius 2 is 2.32 bits per heavy atom. The van der Waals surface area contributed by atoms with Gasteiger partial charge >= 0.3 is 0 Å². The van der Waals surface area contributed by atoms with Crippen molar-refractivity contribution in [2.24, 2.45) is 0 Å². The summed E-state index contributed by atoms with van der Waals surface area (Å²) in [7, 11) is 0. The molecule has 19 heavy (non-hydrogen) atoms. The number of fused-ring (bicyclic) bond motifs is 1. The molecule has 0 aliphatic rings. The first-order valence-corrected chi connectivity index (χ1v) is 7.76. The molecule has 1 heterocycles. The SMILES string of the molecule is C#CCSCCNC(=O)c1cc2cc(N)ccc2s1. The van der Waals surface area contributed by atoms with Crippen molar-refractivity contribution in [1.82, 2.24) is 5.32 Å². The summed E-state index contributed by atoms with van der Waals surface area (Å²) >= 11 is 3.11. The van der Waals surface area contributed by atoms with Crippen LogP contribution < -0.4 is 11.1 Å². The summed E-state index contributed by atoms with van der Waals surface area (Å²) in [5.74, 6) is 4.02. The predicted octanol–water partition coefficient (Wildman–Crippen LogP) is 2.58. The first kappa shape index (κ1) is 13.8. The van der Waals surface area contributed by atoms with Crippen LogP contribution in [0.4, 0.5) is 5.69 Å². The van der Waals surface area contributed by atoms with Crippen molar-refractivity contribution in [3.8, 4) is 12.3 Å². The van der Waals surface area contributed by atoms with E-state index >= 15 is 0 Å². The van der Waals surface area contributed by atoms with E-state index in [-0.39, 0.29) is 5.91 Å². The molecule has 5 heteroatoms. The highest BCUT2D eigenvalue weighted by molar-refractivity contribution is 7.99. The molecule has 3 nitrogen and oxygen atoms in total. The maximum absolute atomic E-state index is 12.0. The number of thioether (sulfide) groups is 1. The van der Waals surface area contributed by atoms with Gasteiger partial charge in [0.1, 0.15) is 0 Å². The molecule has 0 saturated heterocycles. The first-order chi connectivity index (χ1) is 9.20. The minimum Gasteiger partial charge on any atom is -0.399 e. The van der Waals surface area contributed by atoms with E-state index in [1.54, 1.807) is 11.8 Å². The molecule has 0 fully saturated rings. The molecule has 2 aromatic rings. The van der Waals surface area contributed by atoms with Crippen LogP contribution in [0, 0.1) is 12.3 Å². The Kier molecular flexibility index (Phi) is 4.72. The zero-order valence-corrected chi connectivity index (χ0v) is 11.9. The van der Waals surface area contributed by atoms with Crippen LogP contribution >= 0.6 is 23.1 Å². The first-order valence-electron chi connectivity index (χ1n) is 5.79. The lowest BCUT2D eigenvalue weighted by molar-refractivity contribution is 0.0960. The summed E-state index contributed by atoms with van der Waals surface area (Å²) in [6.45, 7) is 0.627. The minimum absolute atomic E-state index is 0.0407. The van der Waals surface area contributed by atoms with E-state index in [1.165, 1.54) is 11.3 Å². The van der Waals surface area contributed by atoms with Gasteiger partial charge in [0.25, 0.3) is 5.91 Å². The van der Waals surface area contributed by atoms with E-state index in [9.17, 15) is 4.79 Å². The lowest BCUT2D eigenvalue weighted by Crippen LogP contribution is -2.24. The van der Waals surface area contributed by atoms with Gasteiger partial charge in [0.05, 0.1) is 10.6 Å². The molecular weight excluding hydrogens is 276 g/mol. The Bertz CT molecular complexity index is 628. The number of carbonyl (C=O) groups excluding carboxylic acids is 1. The van der Waals surface area contributed by atoms with Crippen LogP contribution in [0.3, 0.4) is 0 Å². The summed E-state index contributed by atoms with van der Waals surface area (Å²) in [5, 5.41) is 3.90. The number of nitrogen functional groups attached to an aromatic ring is 1. The van der Waals surface area contributed by atoms with Crippen LogP contribution in [0.5, 0.6) is 0 Å². The van der Waals surface area contributed by atoms with Gasteiger partial charge in [-0.2, -0.15) is 0 Å². The van der Waals surface area contributed by atoms with E-state index in [0.29, 0.717) is 22.9 Å². The number of thiophene rings is 1. The van der Waals surface area contributed by atoms with Crippen LogP contribution in [-0.2, 0) is 0 Å². The zero-order chi connectivity index (χ0) is 13.7. The van der Waals surface area contributed by atoms with Gasteiger partial charge in [0, 0.05) is 22.7 Å². The fourth-order valence-corrected chi connectivity index (χ4v) is 3.10. The average Bonchev–Trinajstić information content (AvgIpc) is 2.81. The van der Waals surface area contributed by atoms with Gasteiger partial charge < -0.3 is 11.1 Å². The van der Waals surface area contributed by atoms with Crippen molar-refractivity contribution in [3.63, 3.8) is 0 Å². The molecule has 0 aliphatic heterocycles. The van der Waals surface area contributed by atoms with Crippen LogP contribution in [0.1, 0.15) is 9.67 Å². The van der Waals surface area contributed by atoms with Crippen LogP contribution in [0.2, 0.25) is 0 Å². The van der Waals surface area contributed by atoms with E-state index in [0.717, 1.165) is 15.8 Å². The predicted molar refractivity (Wildman–Crippen MR) is 84.7 cm³/mol. The number of terminal acetylenes is 1. The van der Waals surface area contributed by atoms with E-state index in [1.807, 2.05) is 24.3 Å². The molecule has 1 aromatic carbocycles. The molecular formula is C14H14N2OS2. The van der Waals surface area contributed by atoms with E-state index in [2.05, 4.69) is 11.2 Å². The Labute approximate surface area is 120 Å². The highest BCUT2D eigenvalue weighted by Crippen LogP contribution is 2.27. The lowest BCUT2D eigenvalue weighted by atomic mass is 10.2. The second-order valence-corrected chi connectivity index (χ2v) is 6.11. The third-order valence-electron chi connectivity index (χ3n) is 2.48. The Balaban J connectivity index is 1.96. The van der Waals surface area contributed by atoms with Crippen molar-refractivity contribution in [1.29, 1.82) is 0 Å². The Hall–Kier alpha value is -1.64. The molecule has 0 atom stereocenters. The standard InChI is InChI=1S/C14H14N2OS2/c1-2-6-18-7-5-16-14(17)13-9-10-8-11(15)3-4-12(10)19-13/h1,3-4,8-9H,5-7,15H2,(H,16,17). The number of carbonyl (C=O) groups is 1. The van der Waals surface area contributed by atoms with Crippen molar-refractivity contribution >= 4 is 44.8 Å². The maximum Gasteiger partial charge on any atom is 0.261 e. The number of nitrogens with two attached hydrogens (primary N) is 1. The van der Waals surface area contributed by atoms with Gasteiger partial charge in [0.2, 0.25) is 0 Å². The molecule has 0 radical (unpaired) electrons. The number of benzene rings is 1. The summed E-state index contributed by atoms with van der Waals surface area (Å²) in [6, 6.07) is 7.54. The number of nitrogens with one attached hydrogen (secondary N) is 1. The molecule has 98 valence electrons. The molecule has 0 bridgehead atoms. The highest BCUT2D eigenvalue weighted by atomic mass is 32.2. The van der Waals surface area contributed by atoms with Gasteiger partial charge in [-0.1, -0.05) is 5.92 Å². The van der Waals surface area contributed by atoms with E-state index < -0.39 is 0 Å². The molecule has 0 aliphatic carbocycles. The summed E-state index contributed by atoms with van der Waals surface area (Å²) in [6.07, 6.45) is 5.15. The second-order valence-electron chi connectivity index (χ2n) is 3.92. The number of hydrogen-bond acceptors (Lipinski definition) is 4. The van der Waals surface area contributed by atoms with Crippen molar-refractivity contribution in [3.05, 3.63) is 29.1 Å². The fourth-order valence-electron chi connectivity index (χ4n) is 1.63. The van der Waals surface area contributed by atoms with Crippen LogP contribution in [-0.4, -0.2) is 24.0 Å². The second kappa shape index (κ2) is 6.50. The van der Waals surface area contributed by atoms with Crippen molar-refractivity contribution in [2.45, 2.75) is 0 Å². The van der Waals surface area contributed by atoms with Crippen molar-refractivity contribution < 1.29 is 4.79 Å². The van der Waals surface area contributed by atoms with Crippen LogP contribution in [0.25, 0.3) is 10.1 Å². The summed E-state index contributed by atoms with van der Waals surface area (Å²) < 4.78 is 1.07. The smallest absolute Gasteiger partial charge is 0.261 e. The number of rotatable bonds is 5. The number of anilines is 1. The van der Waals surface area contributed by atoms with Gasteiger partial charge in [-0.25, -0.2) is 0 Å². The monoisotopic (exact) mass is 290 g/mol. The molecule has 0 spiro atoms. The number of amides is 1. The molecule has 1 amide bonds. The molecule has 3 N–H and O–H groups in total. The minimum atomic E-state index is -0.0407. The van der Waals surface area contributed by atoms with E-state index in [4.69, 9.17) is 12.2 Å². The molecule has 1 aromatic heterocycles. The summed E-state index contributed by atoms with van der Waals surface area (Å²) in [4.78, 5) is 12.7. The quantitative estimate of drug-likeness (QED) is 0.505. The average molecular weight is 290 g/mol. The summed E-state index contributed by atoms with van der Waals surface area (Å²) in [5.41, 5.74) is 6.43. The molecule has 0 saturated carbocycles. The lowest BCUT2D eigenvalue weighted by Gasteiger charge is -2.01. The van der Waals surface area contributed by atoms with Gasteiger partial charge in [-0.05, 0) is 29.7 Å². The topological polar surface area (TPSA) is 55.1 Å². The fraction of sp³-hybridized carbons (Fsp3) is 0.214. The Morgan fingerprint density at radius 1 is 1.47 bits per heavy atom. The molecule has 2 rings (SSSR count). The van der Waals surface area contributed by atoms with Gasteiger partial charge in [-0.3, -0.25) is 4.79 Å². The molecule has 0 unspecified atom stereocenters. The third-order valence-corrected chi connectivity index (χ3v) is 4.46. The largest absolute Gasteiger partial charge is 0.399 e. The Morgan fingerprint density at radius 3 is 3.11 bits per heavy atom. The van der Waals surface area contributed by atoms with Gasteiger partial charge in [-0.15, -0.1) is 29.5 Å².